The number of pyridine rings is 1. The fourth-order valence-electron chi connectivity index (χ4n) is 1.94. The Hall–Kier alpha value is -2.06. The van der Waals surface area contributed by atoms with Crippen molar-refractivity contribution in [1.82, 2.24) is 4.98 Å². The van der Waals surface area contributed by atoms with Gasteiger partial charge in [-0.3, -0.25) is 4.98 Å². The molecular formula is C13H11BF3NO3. The van der Waals surface area contributed by atoms with Crippen molar-refractivity contribution in [2.45, 2.75) is 13.3 Å². The van der Waals surface area contributed by atoms with Gasteiger partial charge in [0.25, 0.3) is 0 Å². The number of hydrogen-bond acceptors (Lipinski definition) is 4. The fourth-order valence-corrected chi connectivity index (χ4v) is 1.94. The van der Waals surface area contributed by atoms with Gasteiger partial charge < -0.3 is 14.8 Å². The molecule has 0 saturated heterocycles. The molecule has 110 valence electrons. The molecule has 0 unspecified atom stereocenters. The Morgan fingerprint density at radius 1 is 1.10 bits per heavy atom. The van der Waals surface area contributed by atoms with E-state index in [9.17, 15) is 23.2 Å². The first-order valence-corrected chi connectivity index (χ1v) is 5.96. The summed E-state index contributed by atoms with van der Waals surface area (Å²) in [5.74, 6) is -0.356. The van der Waals surface area contributed by atoms with Gasteiger partial charge in [-0.05, 0) is 42.8 Å². The van der Waals surface area contributed by atoms with Crippen LogP contribution in [0, 0.1) is 6.92 Å². The molecule has 2 rings (SSSR count). The zero-order chi connectivity index (χ0) is 15.6. The quantitative estimate of drug-likeness (QED) is 0.845. The summed E-state index contributed by atoms with van der Waals surface area (Å²) in [6, 6.07) is 6.63. The Labute approximate surface area is 119 Å². The van der Waals surface area contributed by atoms with Gasteiger partial charge in [0.05, 0.1) is 5.69 Å². The van der Waals surface area contributed by atoms with Crippen LogP contribution in [-0.2, 0) is 0 Å². The number of nitrogens with zero attached hydrogens (tertiary/aromatic N) is 1. The zero-order valence-corrected chi connectivity index (χ0v) is 10.9. The van der Waals surface area contributed by atoms with Crippen molar-refractivity contribution >= 4 is 12.6 Å². The highest BCUT2D eigenvalue weighted by Crippen LogP contribution is 2.25. The van der Waals surface area contributed by atoms with Gasteiger partial charge in [-0.1, -0.05) is 0 Å². The number of halogens is 3. The Morgan fingerprint density at radius 3 is 2.24 bits per heavy atom. The summed E-state index contributed by atoms with van der Waals surface area (Å²) in [6.07, 6.45) is -3.27. The lowest BCUT2D eigenvalue weighted by Crippen LogP contribution is -2.34. The van der Waals surface area contributed by atoms with Crippen LogP contribution in [0.25, 0.3) is 11.3 Å². The predicted octanol–water partition coefficient (Wildman–Crippen LogP) is 1.64. The summed E-state index contributed by atoms with van der Waals surface area (Å²) in [5.41, 5.74) is 1.58. The molecule has 0 aliphatic heterocycles. The molecule has 0 bridgehead atoms. The highest BCUT2D eigenvalue weighted by molar-refractivity contribution is 6.61. The van der Waals surface area contributed by atoms with Crippen molar-refractivity contribution in [3.8, 4) is 17.0 Å². The average molecular weight is 297 g/mol. The highest BCUT2D eigenvalue weighted by Gasteiger charge is 2.31. The van der Waals surface area contributed by atoms with Crippen molar-refractivity contribution in [1.29, 1.82) is 0 Å². The van der Waals surface area contributed by atoms with E-state index in [0.29, 0.717) is 16.8 Å². The predicted molar refractivity (Wildman–Crippen MR) is 70.9 cm³/mol. The minimum absolute atomic E-state index is 0.210. The lowest BCUT2D eigenvalue weighted by Gasteiger charge is -2.12. The molecule has 0 amide bonds. The van der Waals surface area contributed by atoms with E-state index in [2.05, 4.69) is 9.72 Å². The molecule has 1 aromatic heterocycles. The van der Waals surface area contributed by atoms with E-state index in [1.807, 2.05) is 0 Å². The summed E-state index contributed by atoms with van der Waals surface area (Å²) >= 11 is 0. The van der Waals surface area contributed by atoms with Crippen LogP contribution in [-0.4, -0.2) is 28.5 Å². The average Bonchev–Trinajstić information content (AvgIpc) is 2.37. The third kappa shape index (κ3) is 3.74. The summed E-state index contributed by atoms with van der Waals surface area (Å²) < 4.78 is 40.0. The first-order chi connectivity index (χ1) is 9.78. The van der Waals surface area contributed by atoms with Gasteiger partial charge in [0.15, 0.2) is 0 Å². The summed E-state index contributed by atoms with van der Waals surface area (Å²) in [4.78, 5) is 4.05. The molecule has 0 aliphatic carbocycles. The van der Waals surface area contributed by atoms with Crippen LogP contribution in [0.5, 0.6) is 5.75 Å². The summed E-state index contributed by atoms with van der Waals surface area (Å²) in [5, 5.41) is 18.8. The molecule has 1 aromatic carbocycles. The fraction of sp³-hybridized carbons (Fsp3) is 0.154. The number of alkyl halides is 3. The topological polar surface area (TPSA) is 62.6 Å². The summed E-state index contributed by atoms with van der Waals surface area (Å²) in [6.45, 7) is 1.68. The Morgan fingerprint density at radius 2 is 1.71 bits per heavy atom. The lowest BCUT2D eigenvalue weighted by atomic mass is 9.75. The maximum absolute atomic E-state index is 12.1. The molecule has 2 aromatic rings. The van der Waals surface area contributed by atoms with Gasteiger partial charge in [-0.15, -0.1) is 13.2 Å². The normalized spacial score (nSPS) is 11.3. The third-order valence-corrected chi connectivity index (χ3v) is 2.83. The van der Waals surface area contributed by atoms with E-state index in [1.54, 1.807) is 13.0 Å². The molecular weight excluding hydrogens is 286 g/mol. The lowest BCUT2D eigenvalue weighted by molar-refractivity contribution is -0.274. The third-order valence-electron chi connectivity index (χ3n) is 2.83. The number of hydrogen-bond donors (Lipinski definition) is 2. The molecule has 1 heterocycles. The monoisotopic (exact) mass is 297 g/mol. The Kier molecular flexibility index (Phi) is 4.20. The Bertz CT molecular complexity index is 630. The number of aryl methyl sites for hydroxylation is 1. The minimum atomic E-state index is -4.75. The first kappa shape index (κ1) is 15.3. The van der Waals surface area contributed by atoms with Gasteiger partial charge in [0, 0.05) is 17.2 Å². The van der Waals surface area contributed by atoms with Crippen LogP contribution in [0.3, 0.4) is 0 Å². The maximum atomic E-state index is 12.1. The van der Waals surface area contributed by atoms with Crippen LogP contribution < -0.4 is 10.2 Å². The molecule has 0 saturated carbocycles. The molecule has 4 nitrogen and oxygen atoms in total. The molecule has 0 aliphatic rings. The van der Waals surface area contributed by atoms with Gasteiger partial charge in [0.2, 0.25) is 0 Å². The molecule has 0 radical (unpaired) electrons. The van der Waals surface area contributed by atoms with E-state index in [0.717, 1.165) is 12.1 Å². The van der Waals surface area contributed by atoms with Crippen LogP contribution in [0.2, 0.25) is 0 Å². The number of rotatable bonds is 3. The van der Waals surface area contributed by atoms with E-state index < -0.39 is 13.5 Å². The number of ether oxygens (including phenoxy) is 1. The molecule has 0 fully saturated rings. The van der Waals surface area contributed by atoms with Gasteiger partial charge in [-0.25, -0.2) is 0 Å². The summed E-state index contributed by atoms with van der Waals surface area (Å²) in [7, 11) is -1.72. The molecule has 0 atom stereocenters. The second-order valence-electron chi connectivity index (χ2n) is 4.34. The number of aromatic nitrogens is 1. The van der Waals surface area contributed by atoms with E-state index in [-0.39, 0.29) is 11.2 Å². The number of benzene rings is 1. The van der Waals surface area contributed by atoms with Crippen molar-refractivity contribution in [3.63, 3.8) is 0 Å². The van der Waals surface area contributed by atoms with Crippen molar-refractivity contribution in [2.75, 3.05) is 0 Å². The minimum Gasteiger partial charge on any atom is -0.423 e. The largest absolute Gasteiger partial charge is 0.573 e. The van der Waals surface area contributed by atoms with Gasteiger partial charge in [-0.2, -0.15) is 0 Å². The Balaban J connectivity index is 2.38. The standard InChI is InChI=1S/C13H11BF3NO3/c1-8-6-7-18-12(11(8)14(19)20)9-2-4-10(5-3-9)21-13(15,16)17/h2-7,19-20H,1H3. The maximum Gasteiger partial charge on any atom is 0.573 e. The van der Waals surface area contributed by atoms with Crippen LogP contribution in [0.15, 0.2) is 36.5 Å². The first-order valence-electron chi connectivity index (χ1n) is 5.96. The van der Waals surface area contributed by atoms with E-state index in [4.69, 9.17) is 0 Å². The van der Waals surface area contributed by atoms with Crippen LogP contribution >= 0.6 is 0 Å². The molecule has 2 N–H and O–H groups in total. The smallest absolute Gasteiger partial charge is 0.423 e. The molecule has 21 heavy (non-hydrogen) atoms. The van der Waals surface area contributed by atoms with Gasteiger partial charge >= 0.3 is 13.5 Å². The van der Waals surface area contributed by atoms with Gasteiger partial charge in [0.1, 0.15) is 5.75 Å². The van der Waals surface area contributed by atoms with E-state index in [1.165, 1.54) is 18.3 Å². The second kappa shape index (κ2) is 5.75. The second-order valence-corrected chi connectivity index (χ2v) is 4.34. The van der Waals surface area contributed by atoms with E-state index >= 15 is 0 Å². The van der Waals surface area contributed by atoms with Crippen LogP contribution in [0.1, 0.15) is 5.56 Å². The zero-order valence-electron chi connectivity index (χ0n) is 10.9. The van der Waals surface area contributed by atoms with Crippen molar-refractivity contribution in [3.05, 3.63) is 42.1 Å². The molecule has 0 spiro atoms. The van der Waals surface area contributed by atoms with Crippen molar-refractivity contribution in [2.24, 2.45) is 0 Å². The highest BCUT2D eigenvalue weighted by atomic mass is 19.4. The van der Waals surface area contributed by atoms with Crippen molar-refractivity contribution < 1.29 is 28.0 Å². The van der Waals surface area contributed by atoms with Crippen LogP contribution in [0.4, 0.5) is 13.2 Å². The SMILES string of the molecule is Cc1ccnc(-c2ccc(OC(F)(F)F)cc2)c1B(O)O. The molecule has 8 heteroatoms.